The van der Waals surface area contributed by atoms with Crippen LogP contribution in [0.2, 0.25) is 0 Å². The molecule has 5 heteroatoms. The molecule has 30 heavy (non-hydrogen) atoms. The molecule has 0 saturated heterocycles. The third kappa shape index (κ3) is 3.29. The molecule has 0 aromatic rings. The predicted octanol–water partition coefficient (Wildman–Crippen LogP) is 6.27. The summed E-state index contributed by atoms with van der Waals surface area (Å²) in [6.45, 7) is 8.27. The highest BCUT2D eigenvalue weighted by molar-refractivity contribution is 5.27. The molecule has 3 fully saturated rings. The molecule has 0 unspecified atom stereocenters. The summed E-state index contributed by atoms with van der Waals surface area (Å²) in [5.74, 6) is 0.695. The summed E-state index contributed by atoms with van der Waals surface area (Å²) < 4.78 is 39.7. The molecule has 172 valence electrons. The summed E-state index contributed by atoms with van der Waals surface area (Å²) in [5.41, 5.74) is 0.871. The molecule has 0 bridgehead atoms. The van der Waals surface area contributed by atoms with E-state index in [2.05, 4.69) is 26.8 Å². The van der Waals surface area contributed by atoms with Crippen molar-refractivity contribution in [2.45, 2.75) is 103 Å². The van der Waals surface area contributed by atoms with Crippen LogP contribution in [0.1, 0.15) is 85.5 Å². The molecule has 0 amide bonds. The SMILES string of the molecule is CC[C@]1(O)CC[C@@]2(C)C(=CC[C@H]3[C@@H]4CC[C@H]([C@H](C)[C@H](O)C(F)(F)F)[C@@]4(C)CC[C@@H]32)C1. The number of fused-ring (bicyclic) bond motifs is 5. The molecule has 3 saturated carbocycles. The predicted molar refractivity (Wildman–Crippen MR) is 112 cm³/mol. The van der Waals surface area contributed by atoms with Gasteiger partial charge in [0, 0.05) is 0 Å². The highest BCUT2D eigenvalue weighted by Crippen LogP contribution is 2.68. The van der Waals surface area contributed by atoms with E-state index in [1.807, 2.05) is 0 Å². The lowest BCUT2D eigenvalue weighted by Crippen LogP contribution is -2.53. The third-order valence-electron chi connectivity index (χ3n) is 10.5. The van der Waals surface area contributed by atoms with Crippen molar-refractivity contribution in [1.29, 1.82) is 0 Å². The zero-order valence-corrected chi connectivity index (χ0v) is 18.9. The van der Waals surface area contributed by atoms with E-state index in [1.54, 1.807) is 6.92 Å². The Morgan fingerprint density at radius 2 is 1.80 bits per heavy atom. The lowest BCUT2D eigenvalue weighted by Gasteiger charge is -2.59. The number of aliphatic hydroxyl groups excluding tert-OH is 1. The molecule has 0 aromatic carbocycles. The van der Waals surface area contributed by atoms with Gasteiger partial charge >= 0.3 is 6.18 Å². The second-order valence-electron chi connectivity index (χ2n) is 11.6. The smallest absolute Gasteiger partial charge is 0.390 e. The van der Waals surface area contributed by atoms with Crippen LogP contribution in [0.25, 0.3) is 0 Å². The summed E-state index contributed by atoms with van der Waals surface area (Å²) in [4.78, 5) is 0. The lowest BCUT2D eigenvalue weighted by atomic mass is 9.46. The van der Waals surface area contributed by atoms with Crippen LogP contribution in [0.15, 0.2) is 11.6 Å². The molecule has 4 aliphatic carbocycles. The fourth-order valence-electron chi connectivity index (χ4n) is 8.44. The Balaban J connectivity index is 1.58. The van der Waals surface area contributed by atoms with E-state index in [0.717, 1.165) is 57.8 Å². The van der Waals surface area contributed by atoms with E-state index in [0.29, 0.717) is 17.8 Å². The monoisotopic (exact) mass is 428 g/mol. The van der Waals surface area contributed by atoms with Crippen LogP contribution >= 0.6 is 0 Å². The maximum absolute atomic E-state index is 13.2. The molecule has 0 spiro atoms. The van der Waals surface area contributed by atoms with Crippen molar-refractivity contribution >= 4 is 0 Å². The number of hydrogen-bond donors (Lipinski definition) is 2. The average molecular weight is 429 g/mol. The standard InChI is InChI=1S/C25H39F3O2/c1-5-24(30)13-12-22(3)16(14-24)6-7-17-19-9-8-18(15(2)21(29)25(26,27)28)23(19,4)11-10-20(17)22/h6,15,17-21,29-30H,5,7-14H2,1-4H3/t15-,17-,18+,19-,20-,21-,22-,23+,24-/m0/s1. The average Bonchev–Trinajstić information content (AvgIpc) is 3.04. The molecular weight excluding hydrogens is 389 g/mol. The lowest BCUT2D eigenvalue weighted by molar-refractivity contribution is -0.227. The highest BCUT2D eigenvalue weighted by atomic mass is 19.4. The maximum atomic E-state index is 13.2. The minimum absolute atomic E-state index is 0.0743. The second-order valence-corrected chi connectivity index (χ2v) is 11.6. The zero-order chi connectivity index (χ0) is 22.1. The Kier molecular flexibility index (Phi) is 5.46. The van der Waals surface area contributed by atoms with Gasteiger partial charge in [0.1, 0.15) is 0 Å². The summed E-state index contributed by atoms with van der Waals surface area (Å²) in [6.07, 6.45) is 3.83. The van der Waals surface area contributed by atoms with Crippen molar-refractivity contribution in [3.63, 3.8) is 0 Å². The molecule has 0 aliphatic heterocycles. The van der Waals surface area contributed by atoms with Gasteiger partial charge in [-0.2, -0.15) is 13.2 Å². The minimum atomic E-state index is -4.54. The normalized spacial score (nSPS) is 48.2. The van der Waals surface area contributed by atoms with Crippen LogP contribution in [0.4, 0.5) is 13.2 Å². The van der Waals surface area contributed by atoms with Gasteiger partial charge in [-0.3, -0.25) is 0 Å². The fourth-order valence-corrected chi connectivity index (χ4v) is 8.44. The van der Waals surface area contributed by atoms with Crippen molar-refractivity contribution < 1.29 is 23.4 Å². The largest absolute Gasteiger partial charge is 0.414 e. The maximum Gasteiger partial charge on any atom is 0.414 e. The first kappa shape index (κ1) is 22.6. The molecule has 4 rings (SSSR count). The van der Waals surface area contributed by atoms with Gasteiger partial charge in [-0.15, -0.1) is 0 Å². The Bertz CT molecular complexity index is 703. The van der Waals surface area contributed by atoms with Crippen LogP contribution in [-0.2, 0) is 0 Å². The topological polar surface area (TPSA) is 40.5 Å². The van der Waals surface area contributed by atoms with Crippen LogP contribution in [0.3, 0.4) is 0 Å². The van der Waals surface area contributed by atoms with Crippen molar-refractivity contribution in [1.82, 2.24) is 0 Å². The Morgan fingerprint density at radius 3 is 2.43 bits per heavy atom. The molecule has 0 heterocycles. The summed E-state index contributed by atoms with van der Waals surface area (Å²) in [7, 11) is 0. The molecule has 2 N–H and O–H groups in total. The third-order valence-corrected chi connectivity index (χ3v) is 10.5. The van der Waals surface area contributed by atoms with Crippen molar-refractivity contribution in [3.8, 4) is 0 Å². The summed E-state index contributed by atoms with van der Waals surface area (Å²) >= 11 is 0. The first-order chi connectivity index (χ1) is 13.9. The van der Waals surface area contributed by atoms with Gasteiger partial charge in [0.05, 0.1) is 5.60 Å². The van der Waals surface area contributed by atoms with Crippen LogP contribution in [0, 0.1) is 40.4 Å². The minimum Gasteiger partial charge on any atom is -0.390 e. The Morgan fingerprint density at radius 1 is 1.10 bits per heavy atom. The second kappa shape index (κ2) is 7.23. The molecule has 0 radical (unpaired) electrons. The van der Waals surface area contributed by atoms with Gasteiger partial charge in [0.2, 0.25) is 0 Å². The highest BCUT2D eigenvalue weighted by Gasteiger charge is 2.61. The Labute approximate surface area is 179 Å². The van der Waals surface area contributed by atoms with Crippen molar-refractivity contribution in [2.24, 2.45) is 40.4 Å². The van der Waals surface area contributed by atoms with Gasteiger partial charge in [0.25, 0.3) is 0 Å². The molecule has 2 nitrogen and oxygen atoms in total. The zero-order valence-electron chi connectivity index (χ0n) is 18.9. The van der Waals surface area contributed by atoms with E-state index < -0.39 is 23.8 Å². The van der Waals surface area contributed by atoms with E-state index in [1.165, 1.54) is 5.57 Å². The van der Waals surface area contributed by atoms with Gasteiger partial charge in [-0.25, -0.2) is 0 Å². The number of aliphatic hydroxyl groups is 2. The summed E-state index contributed by atoms with van der Waals surface area (Å²) in [5, 5.41) is 20.8. The number of halogens is 3. The van der Waals surface area contributed by atoms with Crippen molar-refractivity contribution in [2.75, 3.05) is 0 Å². The van der Waals surface area contributed by atoms with E-state index in [-0.39, 0.29) is 16.7 Å². The van der Waals surface area contributed by atoms with Gasteiger partial charge in [0.15, 0.2) is 6.10 Å². The van der Waals surface area contributed by atoms with Gasteiger partial charge < -0.3 is 10.2 Å². The van der Waals surface area contributed by atoms with Gasteiger partial charge in [-0.1, -0.05) is 39.3 Å². The molecular formula is C25H39F3O2. The van der Waals surface area contributed by atoms with Crippen LogP contribution in [-0.4, -0.2) is 28.1 Å². The van der Waals surface area contributed by atoms with E-state index in [9.17, 15) is 23.4 Å². The van der Waals surface area contributed by atoms with Crippen LogP contribution < -0.4 is 0 Å². The summed E-state index contributed by atoms with van der Waals surface area (Å²) in [6, 6.07) is 0. The van der Waals surface area contributed by atoms with Crippen LogP contribution in [0.5, 0.6) is 0 Å². The first-order valence-electron chi connectivity index (χ1n) is 12.0. The molecule has 9 atom stereocenters. The fraction of sp³-hybridized carbons (Fsp3) is 0.920. The van der Waals surface area contributed by atoms with E-state index >= 15 is 0 Å². The molecule has 0 aromatic heterocycles. The van der Waals surface area contributed by atoms with Crippen molar-refractivity contribution in [3.05, 3.63) is 11.6 Å². The number of rotatable bonds is 3. The number of alkyl halides is 3. The first-order valence-corrected chi connectivity index (χ1v) is 12.0. The number of allylic oxidation sites excluding steroid dienone is 1. The molecule has 4 aliphatic rings. The van der Waals surface area contributed by atoms with E-state index in [4.69, 9.17) is 0 Å². The van der Waals surface area contributed by atoms with Gasteiger partial charge in [-0.05, 0) is 98.2 Å². The number of hydrogen-bond acceptors (Lipinski definition) is 2. The quantitative estimate of drug-likeness (QED) is 0.521. The Hall–Kier alpha value is -0.550.